The van der Waals surface area contributed by atoms with Crippen LogP contribution in [0.15, 0.2) is 41.2 Å². The highest BCUT2D eigenvalue weighted by atomic mass is 19.1. The fraction of sp³-hybridized carbons (Fsp3) is 0.321. The Balaban J connectivity index is 1.63. The van der Waals surface area contributed by atoms with E-state index < -0.39 is 72.4 Å². The number of carboxylic acid groups (broad SMARTS) is 3. The van der Waals surface area contributed by atoms with Crippen LogP contribution in [-0.2, 0) is 25.7 Å². The number of anilines is 1. The van der Waals surface area contributed by atoms with Crippen molar-refractivity contribution in [2.24, 2.45) is 0 Å². The van der Waals surface area contributed by atoms with Crippen molar-refractivity contribution in [3.05, 3.63) is 69.5 Å². The number of halogens is 1. The van der Waals surface area contributed by atoms with Crippen molar-refractivity contribution in [1.82, 2.24) is 20.6 Å². The molecule has 1 heterocycles. The van der Waals surface area contributed by atoms with Gasteiger partial charge in [0, 0.05) is 32.1 Å². The summed E-state index contributed by atoms with van der Waals surface area (Å²) in [5.41, 5.74) is 0.959. The van der Waals surface area contributed by atoms with E-state index in [1.165, 1.54) is 12.1 Å². The number of amides is 2. The summed E-state index contributed by atoms with van der Waals surface area (Å²) in [7, 11) is 1.68. The summed E-state index contributed by atoms with van der Waals surface area (Å²) in [6.45, 7) is 1.96. The molecule has 0 saturated heterocycles. The minimum atomic E-state index is -1.60. The number of carboxylic acids is 3. The first kappa shape index (κ1) is 32.2. The van der Waals surface area contributed by atoms with Crippen LogP contribution in [0.5, 0.6) is 0 Å². The normalized spacial score (nSPS) is 12.3. The maximum Gasteiger partial charge on any atom is 0.326 e. The highest BCUT2D eigenvalue weighted by Gasteiger charge is 2.26. The Morgan fingerprint density at radius 1 is 0.953 bits per heavy atom. The van der Waals surface area contributed by atoms with Crippen molar-refractivity contribution in [1.29, 1.82) is 0 Å². The van der Waals surface area contributed by atoms with E-state index in [0.717, 1.165) is 11.6 Å². The van der Waals surface area contributed by atoms with Gasteiger partial charge in [0.2, 0.25) is 5.91 Å². The second-order valence-corrected chi connectivity index (χ2v) is 9.82. The summed E-state index contributed by atoms with van der Waals surface area (Å²) in [4.78, 5) is 79.3. The fourth-order valence-electron chi connectivity index (χ4n) is 4.25. The number of nitrogens with one attached hydrogen (secondary N) is 3. The van der Waals surface area contributed by atoms with Gasteiger partial charge in [-0.1, -0.05) is 6.07 Å². The van der Waals surface area contributed by atoms with Gasteiger partial charge in [-0.3, -0.25) is 19.2 Å². The highest BCUT2D eigenvalue weighted by Crippen LogP contribution is 2.21. The summed E-state index contributed by atoms with van der Waals surface area (Å²) in [6, 6.07) is 5.82. The Kier molecular flexibility index (Phi) is 10.5. The molecule has 2 atom stereocenters. The van der Waals surface area contributed by atoms with Crippen LogP contribution >= 0.6 is 0 Å². The molecule has 0 bridgehead atoms. The lowest BCUT2D eigenvalue weighted by molar-refractivity contribution is -0.143. The first-order valence-corrected chi connectivity index (χ1v) is 13.0. The van der Waals surface area contributed by atoms with Crippen LogP contribution in [0.2, 0.25) is 0 Å². The molecule has 0 spiro atoms. The van der Waals surface area contributed by atoms with Crippen molar-refractivity contribution in [2.45, 2.75) is 51.2 Å². The lowest BCUT2D eigenvalue weighted by Crippen LogP contribution is -2.44. The number of carbonyl (C=O) groups is 5. The van der Waals surface area contributed by atoms with Crippen LogP contribution in [0.3, 0.4) is 0 Å². The van der Waals surface area contributed by atoms with Gasteiger partial charge < -0.3 is 35.8 Å². The topological polar surface area (TPSA) is 219 Å². The highest BCUT2D eigenvalue weighted by molar-refractivity contribution is 5.97. The van der Waals surface area contributed by atoms with E-state index in [1.54, 1.807) is 37.1 Å². The smallest absolute Gasteiger partial charge is 0.326 e. The van der Waals surface area contributed by atoms with Crippen molar-refractivity contribution < 1.29 is 43.7 Å². The largest absolute Gasteiger partial charge is 0.481 e. The Hall–Kier alpha value is -5.34. The molecular weight excluding hydrogens is 569 g/mol. The zero-order valence-corrected chi connectivity index (χ0v) is 23.2. The van der Waals surface area contributed by atoms with E-state index in [0.29, 0.717) is 22.4 Å². The number of hydrogen-bond acceptors (Lipinski definition) is 8. The number of rotatable bonds is 14. The van der Waals surface area contributed by atoms with E-state index in [1.807, 2.05) is 0 Å². The Labute approximate surface area is 243 Å². The van der Waals surface area contributed by atoms with Crippen LogP contribution in [-0.4, -0.2) is 74.1 Å². The van der Waals surface area contributed by atoms with Crippen LogP contribution < -0.4 is 21.1 Å². The molecule has 0 radical (unpaired) electrons. The zero-order chi connectivity index (χ0) is 31.8. The number of H-pyrrole nitrogens is 1. The molecule has 3 rings (SSSR count). The standard InChI is InChI=1S/C28H30FN5O9/c1-14-30-20-6-3-15(11-18(20)26(39)31-14)13-34(2)16-4-5-17(19(29)12-16)25(38)33-22(28(42)43)7-9-23(35)32-21(27(40)41)8-10-24(36)37/h3-6,11-12,21-22H,7-10,13H2,1-2H3,(H,32,35)(H,33,38)(H,36,37)(H,40,41)(H,42,43)(H,30,31,39)/t21-,22+/m1/s1. The number of carbonyl (C=O) groups excluding carboxylic acids is 2. The van der Waals surface area contributed by atoms with Crippen molar-refractivity contribution >= 4 is 46.3 Å². The number of aliphatic carboxylic acids is 3. The van der Waals surface area contributed by atoms with Gasteiger partial charge in [-0.05, 0) is 55.7 Å². The molecule has 0 saturated carbocycles. The molecule has 0 unspecified atom stereocenters. The first-order valence-electron chi connectivity index (χ1n) is 13.0. The molecule has 15 heteroatoms. The van der Waals surface area contributed by atoms with Gasteiger partial charge in [0.15, 0.2) is 0 Å². The minimum absolute atomic E-state index is 0.283. The molecule has 3 aromatic rings. The predicted molar refractivity (Wildman–Crippen MR) is 150 cm³/mol. The van der Waals surface area contributed by atoms with Crippen molar-refractivity contribution in [2.75, 3.05) is 11.9 Å². The van der Waals surface area contributed by atoms with E-state index >= 15 is 0 Å². The molecule has 6 N–H and O–H groups in total. The van der Waals surface area contributed by atoms with Gasteiger partial charge in [-0.25, -0.2) is 19.0 Å². The molecular formula is C28H30FN5O9. The maximum atomic E-state index is 15.0. The number of aromatic nitrogens is 2. The number of nitrogens with zero attached hydrogens (tertiary/aromatic N) is 2. The van der Waals surface area contributed by atoms with Gasteiger partial charge in [0.1, 0.15) is 23.7 Å². The van der Waals surface area contributed by atoms with Gasteiger partial charge in [0.05, 0.1) is 16.5 Å². The summed E-state index contributed by atoms with van der Waals surface area (Å²) in [6.07, 6.45) is -1.83. The lowest BCUT2D eigenvalue weighted by atomic mass is 10.1. The number of aryl methyl sites for hydroxylation is 1. The molecule has 1 aromatic heterocycles. The molecule has 14 nitrogen and oxygen atoms in total. The second-order valence-electron chi connectivity index (χ2n) is 9.82. The third-order valence-electron chi connectivity index (χ3n) is 6.49. The van der Waals surface area contributed by atoms with Gasteiger partial charge in [0.25, 0.3) is 11.5 Å². The number of benzene rings is 2. The Morgan fingerprint density at radius 2 is 1.60 bits per heavy atom. The molecule has 228 valence electrons. The van der Waals surface area contributed by atoms with E-state index in [2.05, 4.69) is 20.6 Å². The average Bonchev–Trinajstić information content (AvgIpc) is 2.92. The van der Waals surface area contributed by atoms with Crippen LogP contribution in [0.4, 0.5) is 10.1 Å². The molecule has 0 aliphatic carbocycles. The molecule has 43 heavy (non-hydrogen) atoms. The minimum Gasteiger partial charge on any atom is -0.481 e. The molecule has 2 amide bonds. The first-order chi connectivity index (χ1) is 20.2. The quantitative estimate of drug-likeness (QED) is 0.156. The third kappa shape index (κ3) is 8.82. The molecule has 0 aliphatic rings. The second kappa shape index (κ2) is 14.0. The monoisotopic (exact) mass is 599 g/mol. The lowest BCUT2D eigenvalue weighted by Gasteiger charge is -2.21. The van der Waals surface area contributed by atoms with Gasteiger partial charge >= 0.3 is 17.9 Å². The number of fused-ring (bicyclic) bond motifs is 1. The van der Waals surface area contributed by atoms with E-state index in [9.17, 15) is 38.3 Å². The number of hydrogen-bond donors (Lipinski definition) is 6. The number of aromatic amines is 1. The maximum absolute atomic E-state index is 15.0. The van der Waals surface area contributed by atoms with Crippen molar-refractivity contribution in [3.63, 3.8) is 0 Å². The average molecular weight is 600 g/mol. The zero-order valence-electron chi connectivity index (χ0n) is 23.2. The summed E-state index contributed by atoms with van der Waals surface area (Å²) in [5.74, 6) is -6.56. The van der Waals surface area contributed by atoms with Gasteiger partial charge in [-0.2, -0.15) is 0 Å². The van der Waals surface area contributed by atoms with E-state index in [-0.39, 0.29) is 18.5 Å². The fourth-order valence-corrected chi connectivity index (χ4v) is 4.25. The third-order valence-corrected chi connectivity index (χ3v) is 6.49. The van der Waals surface area contributed by atoms with Crippen LogP contribution in [0, 0.1) is 12.7 Å². The summed E-state index contributed by atoms with van der Waals surface area (Å²) >= 11 is 0. The van der Waals surface area contributed by atoms with Crippen LogP contribution in [0.1, 0.15) is 47.4 Å². The molecule has 0 aliphatic heterocycles. The molecule has 0 fully saturated rings. The Morgan fingerprint density at radius 3 is 2.23 bits per heavy atom. The Bertz CT molecular complexity index is 1620. The summed E-state index contributed by atoms with van der Waals surface area (Å²) < 4.78 is 15.0. The van der Waals surface area contributed by atoms with E-state index in [4.69, 9.17) is 10.2 Å². The molecule has 2 aromatic carbocycles. The van der Waals surface area contributed by atoms with Crippen LogP contribution in [0.25, 0.3) is 10.9 Å². The van der Waals surface area contributed by atoms with Crippen molar-refractivity contribution in [3.8, 4) is 0 Å². The predicted octanol–water partition coefficient (Wildman–Crippen LogP) is 1.40. The SMILES string of the molecule is Cc1nc2ccc(CN(C)c3ccc(C(=O)N[C@@H](CCC(=O)N[C@H](CCC(=O)O)C(=O)O)C(=O)O)c(F)c3)cc2c(=O)[nH]1. The van der Waals surface area contributed by atoms with Gasteiger partial charge in [-0.15, -0.1) is 0 Å². The summed E-state index contributed by atoms with van der Waals surface area (Å²) in [5, 5.41) is 32.0.